The lowest BCUT2D eigenvalue weighted by atomic mass is 9.89. The molecule has 0 aromatic carbocycles. The molecular weight excluding hydrogens is 326 g/mol. The predicted octanol–water partition coefficient (Wildman–Crippen LogP) is 0.945. The van der Waals surface area contributed by atoms with E-state index in [9.17, 15) is 19.2 Å². The fourth-order valence-corrected chi connectivity index (χ4v) is 3.16. The van der Waals surface area contributed by atoms with Crippen molar-refractivity contribution >= 4 is 23.8 Å². The minimum absolute atomic E-state index is 0.364. The summed E-state index contributed by atoms with van der Waals surface area (Å²) < 4.78 is 5.05. The van der Waals surface area contributed by atoms with E-state index in [0.717, 1.165) is 17.7 Å². The molecule has 0 aromatic heterocycles. The monoisotopic (exact) mass is 353 g/mol. The van der Waals surface area contributed by atoms with Crippen molar-refractivity contribution in [1.82, 2.24) is 15.5 Å². The molecule has 140 valence electrons. The first-order valence-electron chi connectivity index (χ1n) is 8.82. The molecule has 2 N–H and O–H groups in total. The molecule has 25 heavy (non-hydrogen) atoms. The van der Waals surface area contributed by atoms with Crippen molar-refractivity contribution in [2.75, 3.05) is 13.1 Å². The Morgan fingerprint density at radius 3 is 2.48 bits per heavy atom. The molecule has 0 unspecified atom stereocenters. The Bertz CT molecular complexity index is 554. The van der Waals surface area contributed by atoms with E-state index in [1.165, 1.54) is 26.2 Å². The topological polar surface area (TPSA) is 105 Å². The van der Waals surface area contributed by atoms with Crippen LogP contribution in [0.2, 0.25) is 0 Å². The molecule has 1 aliphatic carbocycles. The van der Waals surface area contributed by atoms with Gasteiger partial charge in [0, 0.05) is 6.54 Å². The van der Waals surface area contributed by atoms with Gasteiger partial charge in [-0.05, 0) is 39.5 Å². The summed E-state index contributed by atoms with van der Waals surface area (Å²) in [6.45, 7) is 4.67. The van der Waals surface area contributed by atoms with Gasteiger partial charge in [-0.1, -0.05) is 19.3 Å². The van der Waals surface area contributed by atoms with E-state index >= 15 is 0 Å². The van der Waals surface area contributed by atoms with Crippen molar-refractivity contribution in [3.63, 3.8) is 0 Å². The molecule has 1 saturated heterocycles. The van der Waals surface area contributed by atoms with Crippen LogP contribution in [0.25, 0.3) is 0 Å². The van der Waals surface area contributed by atoms with Gasteiger partial charge in [0.25, 0.3) is 11.8 Å². The van der Waals surface area contributed by atoms with Gasteiger partial charge in [-0.3, -0.25) is 19.3 Å². The number of carbonyl (C=O) groups excluding carboxylic acids is 4. The van der Waals surface area contributed by atoms with Crippen molar-refractivity contribution < 1.29 is 23.9 Å². The third-order valence-electron chi connectivity index (χ3n) is 4.70. The average molecular weight is 353 g/mol. The summed E-state index contributed by atoms with van der Waals surface area (Å²) >= 11 is 0. The van der Waals surface area contributed by atoms with Gasteiger partial charge >= 0.3 is 12.0 Å². The first kappa shape index (κ1) is 19.2. The van der Waals surface area contributed by atoms with Crippen LogP contribution in [0.1, 0.15) is 52.9 Å². The number of hydrogen-bond donors (Lipinski definition) is 2. The molecule has 2 rings (SSSR count). The summed E-state index contributed by atoms with van der Waals surface area (Å²) in [4.78, 5) is 48.6. The second-order valence-corrected chi connectivity index (χ2v) is 7.33. The van der Waals surface area contributed by atoms with Crippen LogP contribution in [0, 0.1) is 5.92 Å². The van der Waals surface area contributed by atoms with E-state index in [0.29, 0.717) is 12.5 Å². The lowest BCUT2D eigenvalue weighted by Gasteiger charge is -2.23. The van der Waals surface area contributed by atoms with Crippen LogP contribution < -0.4 is 10.6 Å². The molecule has 1 atom stereocenters. The molecule has 2 fully saturated rings. The van der Waals surface area contributed by atoms with Gasteiger partial charge in [0.2, 0.25) is 0 Å². The Hall–Kier alpha value is -2.12. The Morgan fingerprint density at radius 2 is 1.92 bits per heavy atom. The molecule has 0 radical (unpaired) electrons. The van der Waals surface area contributed by atoms with Crippen molar-refractivity contribution in [2.24, 2.45) is 5.92 Å². The van der Waals surface area contributed by atoms with Crippen molar-refractivity contribution in [2.45, 2.75) is 64.5 Å². The zero-order chi connectivity index (χ0) is 18.6. The van der Waals surface area contributed by atoms with Crippen molar-refractivity contribution in [3.8, 4) is 0 Å². The summed E-state index contributed by atoms with van der Waals surface area (Å²) in [7, 11) is 0. The van der Waals surface area contributed by atoms with Gasteiger partial charge in [0.15, 0.2) is 6.10 Å². The highest BCUT2D eigenvalue weighted by Crippen LogP contribution is 2.22. The molecule has 0 spiro atoms. The number of rotatable bonds is 6. The zero-order valence-corrected chi connectivity index (χ0v) is 15.1. The molecule has 8 nitrogen and oxygen atoms in total. The number of nitrogens with one attached hydrogen (secondary N) is 2. The summed E-state index contributed by atoms with van der Waals surface area (Å²) in [6.07, 6.45) is 4.87. The normalized spacial score (nSPS) is 21.6. The Labute approximate surface area is 147 Å². The average Bonchev–Trinajstić information content (AvgIpc) is 2.75. The van der Waals surface area contributed by atoms with Crippen molar-refractivity contribution in [3.05, 3.63) is 0 Å². The number of carbonyl (C=O) groups is 4. The van der Waals surface area contributed by atoms with E-state index in [-0.39, 0.29) is 5.91 Å². The molecule has 1 aliphatic heterocycles. The second-order valence-electron chi connectivity index (χ2n) is 7.33. The molecule has 1 heterocycles. The maximum Gasteiger partial charge on any atom is 0.327 e. The number of amides is 4. The largest absolute Gasteiger partial charge is 0.451 e. The molecule has 4 amide bonds. The van der Waals surface area contributed by atoms with E-state index < -0.39 is 36.1 Å². The fraction of sp³-hybridized carbons (Fsp3) is 0.765. The molecule has 0 aromatic rings. The highest BCUT2D eigenvalue weighted by Gasteiger charge is 2.45. The van der Waals surface area contributed by atoms with Crippen LogP contribution in [0.15, 0.2) is 0 Å². The van der Waals surface area contributed by atoms with E-state index in [4.69, 9.17) is 4.74 Å². The van der Waals surface area contributed by atoms with Gasteiger partial charge in [-0.15, -0.1) is 0 Å². The van der Waals surface area contributed by atoms with Crippen LogP contribution in [0.4, 0.5) is 4.79 Å². The van der Waals surface area contributed by atoms with Crippen LogP contribution in [-0.4, -0.2) is 53.4 Å². The number of imide groups is 1. The smallest absolute Gasteiger partial charge is 0.327 e. The zero-order valence-electron chi connectivity index (χ0n) is 15.1. The predicted molar refractivity (Wildman–Crippen MR) is 89.5 cm³/mol. The van der Waals surface area contributed by atoms with Crippen LogP contribution in [0.3, 0.4) is 0 Å². The summed E-state index contributed by atoms with van der Waals surface area (Å²) in [5, 5.41) is 5.29. The first-order chi connectivity index (χ1) is 11.7. The highest BCUT2D eigenvalue weighted by atomic mass is 16.5. The van der Waals surface area contributed by atoms with Gasteiger partial charge in [-0.2, -0.15) is 0 Å². The Kier molecular flexibility index (Phi) is 6.02. The molecule has 2 aliphatic rings. The van der Waals surface area contributed by atoms with Crippen molar-refractivity contribution in [1.29, 1.82) is 0 Å². The standard InChI is InChI=1S/C17H27N3O5/c1-11(14(22)18-9-12-7-5-4-6-8-12)25-13(21)10-20-15(23)17(2,3)19-16(20)24/h11-12H,4-10H2,1-3H3,(H,18,22)(H,19,24)/t11-/m0/s1. The molecule has 8 heteroatoms. The quantitative estimate of drug-likeness (QED) is 0.546. The Balaban J connectivity index is 1.76. The number of ether oxygens (including phenoxy) is 1. The summed E-state index contributed by atoms with van der Waals surface area (Å²) in [6, 6.07) is -0.638. The second kappa shape index (κ2) is 7.84. The summed E-state index contributed by atoms with van der Waals surface area (Å²) in [5.74, 6) is -1.17. The van der Waals surface area contributed by atoms with Crippen LogP contribution in [0.5, 0.6) is 0 Å². The maximum absolute atomic E-state index is 12.0. The lowest BCUT2D eigenvalue weighted by Crippen LogP contribution is -2.43. The number of hydrogen-bond acceptors (Lipinski definition) is 5. The Morgan fingerprint density at radius 1 is 1.28 bits per heavy atom. The highest BCUT2D eigenvalue weighted by molar-refractivity contribution is 6.08. The molecular formula is C17H27N3O5. The van der Waals surface area contributed by atoms with Crippen LogP contribution >= 0.6 is 0 Å². The third kappa shape index (κ3) is 4.93. The van der Waals surface area contributed by atoms with E-state index in [1.807, 2.05) is 0 Å². The number of nitrogens with zero attached hydrogens (tertiary/aromatic N) is 1. The number of urea groups is 1. The summed E-state index contributed by atoms with van der Waals surface area (Å²) in [5.41, 5.74) is -1.04. The lowest BCUT2D eigenvalue weighted by molar-refractivity contribution is -0.156. The maximum atomic E-state index is 12.0. The van der Waals surface area contributed by atoms with Gasteiger partial charge < -0.3 is 15.4 Å². The SMILES string of the molecule is C[C@H](OC(=O)CN1C(=O)NC(C)(C)C1=O)C(=O)NCC1CCCCC1. The number of esters is 1. The molecule has 1 saturated carbocycles. The first-order valence-corrected chi connectivity index (χ1v) is 8.82. The third-order valence-corrected chi connectivity index (χ3v) is 4.70. The minimum atomic E-state index is -1.04. The van der Waals surface area contributed by atoms with E-state index in [1.54, 1.807) is 13.8 Å². The van der Waals surface area contributed by atoms with Gasteiger partial charge in [0.1, 0.15) is 12.1 Å². The van der Waals surface area contributed by atoms with Gasteiger partial charge in [0.05, 0.1) is 0 Å². The van der Waals surface area contributed by atoms with Crippen LogP contribution in [-0.2, 0) is 19.1 Å². The van der Waals surface area contributed by atoms with E-state index in [2.05, 4.69) is 10.6 Å². The van der Waals surface area contributed by atoms with Gasteiger partial charge in [-0.25, -0.2) is 4.79 Å². The fourth-order valence-electron chi connectivity index (χ4n) is 3.16. The minimum Gasteiger partial charge on any atom is -0.451 e. The molecule has 0 bridgehead atoms.